The minimum atomic E-state index is -0.412. The van der Waals surface area contributed by atoms with Crippen LogP contribution >= 0.6 is 0 Å². The van der Waals surface area contributed by atoms with Gasteiger partial charge in [-0.3, -0.25) is 19.8 Å². The standard InChI is InChI=1S/C16H25N5O4/c1-13(16(22)18-7-4-12-25-2)19-8-10-20(11-9-19)15-14(21(23)24)5-3-6-17-15/h3,5-6,13H,4,7-12H2,1-2H3,(H,18,22). The van der Waals surface area contributed by atoms with E-state index in [1.54, 1.807) is 19.4 Å². The molecule has 25 heavy (non-hydrogen) atoms. The first-order valence-electron chi connectivity index (χ1n) is 8.39. The number of methoxy groups -OCH3 is 1. The highest BCUT2D eigenvalue weighted by molar-refractivity contribution is 5.81. The first-order chi connectivity index (χ1) is 12.0. The Kier molecular flexibility index (Phi) is 7.08. The SMILES string of the molecule is COCCCNC(=O)C(C)N1CCN(c2ncccc2[N+](=O)[O-])CC1. The lowest BCUT2D eigenvalue weighted by atomic mass is 10.2. The van der Waals surface area contributed by atoms with Crippen molar-refractivity contribution in [2.24, 2.45) is 0 Å². The van der Waals surface area contributed by atoms with E-state index in [1.807, 2.05) is 11.8 Å². The summed E-state index contributed by atoms with van der Waals surface area (Å²) in [6.07, 6.45) is 2.34. The molecule has 138 valence electrons. The zero-order valence-electron chi connectivity index (χ0n) is 14.7. The summed E-state index contributed by atoms with van der Waals surface area (Å²) >= 11 is 0. The minimum Gasteiger partial charge on any atom is -0.385 e. The molecule has 2 rings (SSSR count). The second-order valence-electron chi connectivity index (χ2n) is 5.94. The van der Waals surface area contributed by atoms with Gasteiger partial charge in [-0.05, 0) is 19.4 Å². The smallest absolute Gasteiger partial charge is 0.311 e. The fourth-order valence-corrected chi connectivity index (χ4v) is 2.84. The van der Waals surface area contributed by atoms with Gasteiger partial charge >= 0.3 is 5.69 Å². The largest absolute Gasteiger partial charge is 0.385 e. The van der Waals surface area contributed by atoms with Gasteiger partial charge in [0.05, 0.1) is 11.0 Å². The Morgan fingerprint density at radius 1 is 1.44 bits per heavy atom. The van der Waals surface area contributed by atoms with Gasteiger partial charge in [-0.25, -0.2) is 4.98 Å². The van der Waals surface area contributed by atoms with Gasteiger partial charge in [0.2, 0.25) is 11.7 Å². The Balaban J connectivity index is 1.87. The molecule has 9 nitrogen and oxygen atoms in total. The van der Waals surface area contributed by atoms with Crippen LogP contribution in [-0.4, -0.2) is 73.2 Å². The Hall–Kier alpha value is -2.26. The Morgan fingerprint density at radius 2 is 2.16 bits per heavy atom. The average molecular weight is 351 g/mol. The summed E-state index contributed by atoms with van der Waals surface area (Å²) in [6.45, 7) is 5.59. The molecule has 1 atom stereocenters. The number of piperazine rings is 1. The Labute approximate surface area is 147 Å². The lowest BCUT2D eigenvalue weighted by molar-refractivity contribution is -0.384. The van der Waals surface area contributed by atoms with Crippen LogP contribution in [0.1, 0.15) is 13.3 Å². The maximum Gasteiger partial charge on any atom is 0.311 e. The number of hydrogen-bond donors (Lipinski definition) is 1. The van der Waals surface area contributed by atoms with Crippen molar-refractivity contribution in [3.8, 4) is 0 Å². The topological polar surface area (TPSA) is 101 Å². The number of aromatic nitrogens is 1. The van der Waals surface area contributed by atoms with Gasteiger partial charge in [0.15, 0.2) is 0 Å². The van der Waals surface area contributed by atoms with Gasteiger partial charge in [0, 0.05) is 58.7 Å². The monoisotopic (exact) mass is 351 g/mol. The summed E-state index contributed by atoms with van der Waals surface area (Å²) in [4.78, 5) is 31.1. The highest BCUT2D eigenvalue weighted by Crippen LogP contribution is 2.25. The Bertz CT molecular complexity index is 590. The number of ether oxygens (including phenoxy) is 1. The number of nitrogens with one attached hydrogen (secondary N) is 1. The van der Waals surface area contributed by atoms with Crippen molar-refractivity contribution < 1.29 is 14.5 Å². The molecule has 9 heteroatoms. The molecule has 0 radical (unpaired) electrons. The second-order valence-corrected chi connectivity index (χ2v) is 5.94. The molecule has 1 saturated heterocycles. The van der Waals surface area contributed by atoms with Crippen LogP contribution in [0.2, 0.25) is 0 Å². The lowest BCUT2D eigenvalue weighted by Crippen LogP contribution is -2.54. The number of nitrogens with zero attached hydrogens (tertiary/aromatic N) is 4. The molecule has 0 bridgehead atoms. The summed E-state index contributed by atoms with van der Waals surface area (Å²) in [5.41, 5.74) is 0.0138. The molecule has 1 aliphatic heterocycles. The van der Waals surface area contributed by atoms with E-state index in [-0.39, 0.29) is 17.6 Å². The third-order valence-corrected chi connectivity index (χ3v) is 4.33. The molecule has 0 saturated carbocycles. The zero-order chi connectivity index (χ0) is 18.2. The van der Waals surface area contributed by atoms with E-state index in [0.29, 0.717) is 45.1 Å². The van der Waals surface area contributed by atoms with Crippen LogP contribution in [0.3, 0.4) is 0 Å². The molecule has 0 aliphatic carbocycles. The fraction of sp³-hybridized carbons (Fsp3) is 0.625. The zero-order valence-corrected chi connectivity index (χ0v) is 14.7. The molecule has 0 spiro atoms. The van der Waals surface area contributed by atoms with E-state index in [2.05, 4.69) is 15.2 Å². The fourth-order valence-electron chi connectivity index (χ4n) is 2.84. The number of carbonyl (C=O) groups is 1. The minimum absolute atomic E-state index is 0.00614. The third-order valence-electron chi connectivity index (χ3n) is 4.33. The highest BCUT2D eigenvalue weighted by Gasteiger charge is 2.28. The van der Waals surface area contributed by atoms with Crippen molar-refractivity contribution in [1.82, 2.24) is 15.2 Å². The van der Waals surface area contributed by atoms with E-state index >= 15 is 0 Å². The lowest BCUT2D eigenvalue weighted by Gasteiger charge is -2.37. The molecule has 1 aliphatic rings. The second kappa shape index (κ2) is 9.28. The third kappa shape index (κ3) is 5.10. The van der Waals surface area contributed by atoms with Gasteiger partial charge in [-0.15, -0.1) is 0 Å². The molecular weight excluding hydrogens is 326 g/mol. The summed E-state index contributed by atoms with van der Waals surface area (Å²) in [5.74, 6) is 0.386. The maximum atomic E-state index is 12.2. The van der Waals surface area contributed by atoms with Crippen molar-refractivity contribution in [3.05, 3.63) is 28.4 Å². The van der Waals surface area contributed by atoms with Crippen LogP contribution < -0.4 is 10.2 Å². The van der Waals surface area contributed by atoms with Crippen LogP contribution in [-0.2, 0) is 9.53 Å². The van der Waals surface area contributed by atoms with Crippen molar-refractivity contribution in [2.75, 3.05) is 51.3 Å². The van der Waals surface area contributed by atoms with Crippen LogP contribution in [0.15, 0.2) is 18.3 Å². The van der Waals surface area contributed by atoms with Gasteiger partial charge < -0.3 is 15.0 Å². The quantitative estimate of drug-likeness (QED) is 0.417. The molecule has 1 aromatic heterocycles. The number of nitro groups is 1. The number of pyridine rings is 1. The summed E-state index contributed by atoms with van der Waals surface area (Å²) in [5, 5.41) is 14.0. The van der Waals surface area contributed by atoms with Gasteiger partial charge in [0.1, 0.15) is 0 Å². The van der Waals surface area contributed by atoms with Crippen molar-refractivity contribution in [1.29, 1.82) is 0 Å². The van der Waals surface area contributed by atoms with E-state index in [4.69, 9.17) is 4.74 Å². The average Bonchev–Trinajstić information content (AvgIpc) is 2.64. The highest BCUT2D eigenvalue weighted by atomic mass is 16.6. The van der Waals surface area contributed by atoms with E-state index in [0.717, 1.165) is 6.42 Å². The maximum absolute atomic E-state index is 12.2. The number of rotatable bonds is 8. The first kappa shape index (κ1) is 19.1. The van der Waals surface area contributed by atoms with Gasteiger partial charge in [-0.2, -0.15) is 0 Å². The van der Waals surface area contributed by atoms with Crippen LogP contribution in [0.5, 0.6) is 0 Å². The summed E-state index contributed by atoms with van der Waals surface area (Å²) in [6, 6.07) is 2.79. The molecule has 2 heterocycles. The van der Waals surface area contributed by atoms with E-state index in [9.17, 15) is 14.9 Å². The predicted molar refractivity (Wildman–Crippen MR) is 93.6 cm³/mol. The molecule has 1 N–H and O–H groups in total. The number of carbonyl (C=O) groups excluding carboxylic acids is 1. The van der Waals surface area contributed by atoms with Crippen LogP contribution in [0.4, 0.5) is 11.5 Å². The molecule has 1 aromatic rings. The van der Waals surface area contributed by atoms with Gasteiger partial charge in [0.25, 0.3) is 0 Å². The number of anilines is 1. The molecule has 1 amide bonds. The number of hydrogen-bond acceptors (Lipinski definition) is 7. The number of amides is 1. The molecule has 1 fully saturated rings. The van der Waals surface area contributed by atoms with E-state index < -0.39 is 4.92 Å². The predicted octanol–water partition coefficient (Wildman–Crippen LogP) is 0.653. The van der Waals surface area contributed by atoms with Gasteiger partial charge in [-0.1, -0.05) is 0 Å². The van der Waals surface area contributed by atoms with Crippen molar-refractivity contribution in [3.63, 3.8) is 0 Å². The summed E-state index contributed by atoms with van der Waals surface area (Å²) < 4.78 is 4.96. The molecule has 1 unspecified atom stereocenters. The van der Waals surface area contributed by atoms with Crippen molar-refractivity contribution in [2.45, 2.75) is 19.4 Å². The van der Waals surface area contributed by atoms with Crippen LogP contribution in [0, 0.1) is 10.1 Å². The Morgan fingerprint density at radius 3 is 2.80 bits per heavy atom. The summed E-state index contributed by atoms with van der Waals surface area (Å²) in [7, 11) is 1.63. The molecular formula is C16H25N5O4. The molecule has 0 aromatic carbocycles. The van der Waals surface area contributed by atoms with Crippen molar-refractivity contribution >= 4 is 17.4 Å². The first-order valence-corrected chi connectivity index (χ1v) is 8.39. The van der Waals surface area contributed by atoms with Crippen LogP contribution in [0.25, 0.3) is 0 Å². The normalized spacial score (nSPS) is 16.5. The van der Waals surface area contributed by atoms with E-state index in [1.165, 1.54) is 6.07 Å².